The molecule has 2 heteroatoms. The molecule has 16 heavy (non-hydrogen) atoms. The summed E-state index contributed by atoms with van der Waals surface area (Å²) in [6.07, 6.45) is 0. The first kappa shape index (κ1) is 14.0. The molecule has 1 aliphatic heterocycles. The van der Waals surface area contributed by atoms with E-state index < -0.39 is 0 Å². The lowest BCUT2D eigenvalue weighted by molar-refractivity contribution is -0.110. The van der Waals surface area contributed by atoms with Crippen molar-refractivity contribution in [1.29, 1.82) is 0 Å². The zero-order chi connectivity index (χ0) is 12.6. The van der Waals surface area contributed by atoms with E-state index in [1.54, 1.807) is 0 Å². The van der Waals surface area contributed by atoms with Crippen LogP contribution in [0.1, 0.15) is 41.5 Å². The molecule has 96 valence electrons. The summed E-state index contributed by atoms with van der Waals surface area (Å²) in [5.41, 5.74) is 0.338. The van der Waals surface area contributed by atoms with Gasteiger partial charge in [-0.05, 0) is 22.7 Å². The number of alkyl halides is 1. The van der Waals surface area contributed by atoms with E-state index >= 15 is 0 Å². The van der Waals surface area contributed by atoms with Gasteiger partial charge in [0.1, 0.15) is 0 Å². The van der Waals surface area contributed by atoms with Crippen LogP contribution in [0.3, 0.4) is 0 Å². The van der Waals surface area contributed by atoms with Crippen molar-refractivity contribution in [2.24, 2.45) is 28.6 Å². The molecule has 0 N–H and O–H groups in total. The van der Waals surface area contributed by atoms with Gasteiger partial charge in [-0.15, -0.1) is 0 Å². The lowest BCUT2D eigenvalue weighted by Gasteiger charge is -2.49. The minimum absolute atomic E-state index is 0.0676. The number of hydrogen-bond acceptors (Lipinski definition) is 1. The summed E-state index contributed by atoms with van der Waals surface area (Å²) in [6, 6.07) is 0. The van der Waals surface area contributed by atoms with Crippen molar-refractivity contribution >= 4 is 0 Å². The summed E-state index contributed by atoms with van der Waals surface area (Å²) in [6.45, 7) is 14.5. The predicted molar refractivity (Wildman–Crippen MR) is 66.2 cm³/mol. The van der Waals surface area contributed by atoms with Crippen LogP contribution in [0.15, 0.2) is 0 Å². The van der Waals surface area contributed by atoms with Crippen LogP contribution in [0.4, 0.5) is 4.39 Å². The van der Waals surface area contributed by atoms with Crippen molar-refractivity contribution < 1.29 is 9.13 Å². The Bertz CT molecular complexity index is 224. The molecule has 1 heterocycles. The Labute approximate surface area is 99.8 Å². The van der Waals surface area contributed by atoms with Gasteiger partial charge in [0.2, 0.25) is 0 Å². The quantitative estimate of drug-likeness (QED) is 0.663. The van der Waals surface area contributed by atoms with Gasteiger partial charge in [-0.3, -0.25) is 4.39 Å². The van der Waals surface area contributed by atoms with E-state index in [2.05, 4.69) is 41.5 Å². The molecule has 1 saturated heterocycles. The van der Waals surface area contributed by atoms with Gasteiger partial charge in [-0.25, -0.2) is 0 Å². The Hall–Kier alpha value is -0.110. The molecule has 1 aliphatic rings. The van der Waals surface area contributed by atoms with Crippen LogP contribution < -0.4 is 0 Å². The predicted octanol–water partition coefficient (Wildman–Crippen LogP) is 3.93. The van der Waals surface area contributed by atoms with Gasteiger partial charge in [0.15, 0.2) is 0 Å². The Morgan fingerprint density at radius 3 is 1.94 bits per heavy atom. The molecular weight excluding hydrogens is 203 g/mol. The average molecular weight is 230 g/mol. The molecule has 0 bridgehead atoms. The number of ether oxygens (including phenoxy) is 1. The monoisotopic (exact) mass is 230 g/mol. The van der Waals surface area contributed by atoms with E-state index in [1.165, 1.54) is 0 Å². The normalized spacial score (nSPS) is 32.8. The highest BCUT2D eigenvalue weighted by Crippen LogP contribution is 2.47. The summed E-state index contributed by atoms with van der Waals surface area (Å²) in [7, 11) is 0. The van der Waals surface area contributed by atoms with Crippen molar-refractivity contribution in [2.45, 2.75) is 41.5 Å². The van der Waals surface area contributed by atoms with Gasteiger partial charge in [0, 0.05) is 5.92 Å². The van der Waals surface area contributed by atoms with E-state index in [0.717, 1.165) is 6.61 Å². The summed E-state index contributed by atoms with van der Waals surface area (Å²) in [4.78, 5) is 0. The third-order valence-electron chi connectivity index (χ3n) is 3.88. The van der Waals surface area contributed by atoms with Gasteiger partial charge in [0.05, 0.1) is 19.9 Å². The summed E-state index contributed by atoms with van der Waals surface area (Å²) < 4.78 is 18.7. The van der Waals surface area contributed by atoms with Gasteiger partial charge in [0.25, 0.3) is 0 Å². The molecule has 2 unspecified atom stereocenters. The molecule has 1 nitrogen and oxygen atoms in total. The van der Waals surface area contributed by atoms with Crippen LogP contribution in [0.2, 0.25) is 0 Å². The van der Waals surface area contributed by atoms with Crippen molar-refractivity contribution in [2.75, 3.05) is 19.9 Å². The smallest absolute Gasteiger partial charge is 0.0947 e. The molecule has 0 aromatic carbocycles. The molecule has 0 aromatic heterocycles. The fraction of sp³-hybridized carbons (Fsp3) is 1.00. The highest BCUT2D eigenvalue weighted by Gasteiger charge is 2.45. The SMILES string of the molecule is CC(C)(C)C1C(CF)COC[C@@H]1C(C)(C)C. The largest absolute Gasteiger partial charge is 0.381 e. The standard InChI is InChI=1S/C14H27FO/c1-13(2,3)11-9-16-8-10(7-15)12(11)14(4,5)6/h10-12H,7-9H2,1-6H3/t10?,11-,12?/m0/s1. The van der Waals surface area contributed by atoms with Gasteiger partial charge >= 0.3 is 0 Å². The Morgan fingerprint density at radius 2 is 1.56 bits per heavy atom. The van der Waals surface area contributed by atoms with Crippen molar-refractivity contribution in [3.05, 3.63) is 0 Å². The second-order valence-corrected chi connectivity index (χ2v) is 7.32. The third kappa shape index (κ3) is 2.97. The van der Waals surface area contributed by atoms with Gasteiger partial charge in [-0.1, -0.05) is 41.5 Å². The molecule has 0 spiro atoms. The summed E-state index contributed by atoms with van der Waals surface area (Å²) >= 11 is 0. The second kappa shape index (κ2) is 4.64. The highest BCUT2D eigenvalue weighted by molar-refractivity contribution is 4.93. The molecule has 3 atom stereocenters. The minimum atomic E-state index is -0.255. The topological polar surface area (TPSA) is 9.23 Å². The Morgan fingerprint density at radius 1 is 1.00 bits per heavy atom. The van der Waals surface area contributed by atoms with Crippen LogP contribution in [-0.4, -0.2) is 19.9 Å². The second-order valence-electron chi connectivity index (χ2n) is 7.32. The summed E-state index contributed by atoms with van der Waals surface area (Å²) in [5.74, 6) is 0.922. The zero-order valence-corrected chi connectivity index (χ0v) is 11.6. The maximum atomic E-state index is 13.1. The molecule has 0 aromatic rings. The number of halogens is 1. The number of rotatable bonds is 1. The third-order valence-corrected chi connectivity index (χ3v) is 3.88. The van der Waals surface area contributed by atoms with Crippen molar-refractivity contribution in [3.63, 3.8) is 0 Å². The molecule has 1 fully saturated rings. The minimum Gasteiger partial charge on any atom is -0.381 e. The molecule has 0 radical (unpaired) electrons. The first-order valence-electron chi connectivity index (χ1n) is 6.31. The van der Waals surface area contributed by atoms with Gasteiger partial charge in [-0.2, -0.15) is 0 Å². The molecular formula is C14H27FO. The first-order chi connectivity index (χ1) is 7.18. The zero-order valence-electron chi connectivity index (χ0n) is 11.6. The fourth-order valence-electron chi connectivity index (χ4n) is 3.12. The number of hydrogen-bond donors (Lipinski definition) is 0. The van der Waals surface area contributed by atoms with E-state index in [1.807, 2.05) is 0 Å². The first-order valence-corrected chi connectivity index (χ1v) is 6.31. The van der Waals surface area contributed by atoms with E-state index in [9.17, 15) is 4.39 Å². The maximum absolute atomic E-state index is 13.1. The molecule has 0 aliphatic carbocycles. The van der Waals surface area contributed by atoms with E-state index in [-0.39, 0.29) is 23.4 Å². The average Bonchev–Trinajstić information content (AvgIpc) is 2.13. The van der Waals surface area contributed by atoms with Crippen LogP contribution in [0.25, 0.3) is 0 Å². The van der Waals surface area contributed by atoms with E-state index in [0.29, 0.717) is 18.4 Å². The Balaban J connectivity index is 2.97. The molecule has 0 amide bonds. The Kier molecular flexibility index (Phi) is 4.04. The molecule has 1 rings (SSSR count). The van der Waals surface area contributed by atoms with Crippen LogP contribution >= 0.6 is 0 Å². The van der Waals surface area contributed by atoms with Crippen molar-refractivity contribution in [1.82, 2.24) is 0 Å². The van der Waals surface area contributed by atoms with Crippen LogP contribution in [-0.2, 0) is 4.74 Å². The summed E-state index contributed by atoms with van der Waals surface area (Å²) in [5, 5.41) is 0. The lowest BCUT2D eigenvalue weighted by Crippen LogP contribution is -2.48. The fourth-order valence-corrected chi connectivity index (χ4v) is 3.12. The van der Waals surface area contributed by atoms with E-state index in [4.69, 9.17) is 4.74 Å². The van der Waals surface area contributed by atoms with Gasteiger partial charge < -0.3 is 4.74 Å². The van der Waals surface area contributed by atoms with Crippen LogP contribution in [0.5, 0.6) is 0 Å². The highest BCUT2D eigenvalue weighted by atomic mass is 19.1. The van der Waals surface area contributed by atoms with Crippen LogP contribution in [0, 0.1) is 28.6 Å². The lowest BCUT2D eigenvalue weighted by atomic mass is 9.59. The van der Waals surface area contributed by atoms with Crippen molar-refractivity contribution in [3.8, 4) is 0 Å². The maximum Gasteiger partial charge on any atom is 0.0947 e. The molecule has 0 saturated carbocycles.